The topological polar surface area (TPSA) is 90.2 Å². The highest BCUT2D eigenvalue weighted by Gasteiger charge is 2.42. The van der Waals surface area contributed by atoms with E-state index in [4.69, 9.17) is 4.74 Å². The van der Waals surface area contributed by atoms with Gasteiger partial charge in [-0.25, -0.2) is 0 Å². The maximum atomic E-state index is 10.4. The highest BCUT2D eigenvalue weighted by molar-refractivity contribution is 7.17. The lowest BCUT2D eigenvalue weighted by atomic mass is 9.84. The number of aliphatic hydroxyl groups excluding tert-OH is 3. The zero-order chi connectivity index (χ0) is 19.8. The van der Waals surface area contributed by atoms with Gasteiger partial charge in [-0.2, -0.15) is 0 Å². The van der Waals surface area contributed by atoms with Gasteiger partial charge in [0.2, 0.25) is 0 Å². The van der Waals surface area contributed by atoms with Crippen LogP contribution >= 0.6 is 11.3 Å². The van der Waals surface area contributed by atoms with Gasteiger partial charge in [-0.1, -0.05) is 25.1 Å². The number of benzene rings is 2. The van der Waals surface area contributed by atoms with E-state index in [1.54, 1.807) is 23.5 Å². The van der Waals surface area contributed by atoms with Crippen LogP contribution in [-0.2, 0) is 11.2 Å². The summed E-state index contributed by atoms with van der Waals surface area (Å²) in [5, 5.41) is 42.7. The van der Waals surface area contributed by atoms with Gasteiger partial charge in [0.1, 0.15) is 18.0 Å². The molecular formula is C22H24O5S. The predicted molar refractivity (Wildman–Crippen MR) is 109 cm³/mol. The standard InChI is InChI=1S/C22H24O5S/c1-12-20(25)21(26)18(10-23)27-22(12)14-4-7-19-17(9-14)15(11-28-19)8-13-2-5-16(24)6-3-13/h2-7,9,11-12,18,20-26H,8,10H2,1H3/t12-,18?,20-,21-,22?/m1/s1. The van der Waals surface area contributed by atoms with E-state index in [-0.39, 0.29) is 18.3 Å². The third kappa shape index (κ3) is 3.54. The number of aromatic hydroxyl groups is 1. The Bertz CT molecular complexity index is 949. The van der Waals surface area contributed by atoms with E-state index in [2.05, 4.69) is 17.5 Å². The Hall–Kier alpha value is -1.96. The van der Waals surface area contributed by atoms with Crippen LogP contribution in [0.5, 0.6) is 5.75 Å². The molecule has 2 unspecified atom stereocenters. The molecule has 1 aromatic heterocycles. The second-order valence-corrected chi connectivity index (χ2v) is 8.39. The largest absolute Gasteiger partial charge is 0.508 e. The molecule has 3 aromatic rings. The Morgan fingerprint density at radius 3 is 2.50 bits per heavy atom. The maximum absolute atomic E-state index is 10.4. The monoisotopic (exact) mass is 400 g/mol. The van der Waals surface area contributed by atoms with Crippen LogP contribution in [0.4, 0.5) is 0 Å². The van der Waals surface area contributed by atoms with Crippen LogP contribution in [0, 0.1) is 5.92 Å². The molecule has 0 spiro atoms. The van der Waals surface area contributed by atoms with E-state index in [1.165, 1.54) is 10.3 Å². The first-order valence-electron chi connectivity index (χ1n) is 9.38. The molecule has 148 valence electrons. The van der Waals surface area contributed by atoms with Gasteiger partial charge >= 0.3 is 0 Å². The number of ether oxygens (including phenoxy) is 1. The average molecular weight is 400 g/mol. The zero-order valence-corrected chi connectivity index (χ0v) is 16.3. The summed E-state index contributed by atoms with van der Waals surface area (Å²) in [6.07, 6.45) is -2.49. The minimum atomic E-state index is -1.09. The number of thiophene rings is 1. The van der Waals surface area contributed by atoms with Crippen molar-refractivity contribution in [3.8, 4) is 5.75 Å². The molecule has 5 nitrogen and oxygen atoms in total. The first-order valence-corrected chi connectivity index (χ1v) is 10.3. The number of phenolic OH excluding ortho intramolecular Hbond substituents is 1. The molecule has 0 amide bonds. The normalized spacial score (nSPS) is 27.9. The van der Waals surface area contributed by atoms with E-state index < -0.39 is 24.4 Å². The van der Waals surface area contributed by atoms with Crippen molar-refractivity contribution < 1.29 is 25.2 Å². The summed E-state index contributed by atoms with van der Waals surface area (Å²) < 4.78 is 7.10. The second-order valence-electron chi connectivity index (χ2n) is 7.48. The smallest absolute Gasteiger partial charge is 0.115 e. The van der Waals surface area contributed by atoms with Crippen LogP contribution in [0.3, 0.4) is 0 Å². The number of fused-ring (bicyclic) bond motifs is 1. The van der Waals surface area contributed by atoms with E-state index in [0.29, 0.717) is 0 Å². The molecular weight excluding hydrogens is 376 g/mol. The Balaban J connectivity index is 1.66. The van der Waals surface area contributed by atoms with Crippen LogP contribution in [0.15, 0.2) is 47.8 Å². The lowest BCUT2D eigenvalue weighted by Gasteiger charge is -2.41. The van der Waals surface area contributed by atoms with Gasteiger partial charge in [-0.3, -0.25) is 0 Å². The number of hydrogen-bond donors (Lipinski definition) is 4. The predicted octanol–water partition coefficient (Wildman–Crippen LogP) is 2.99. The van der Waals surface area contributed by atoms with Crippen molar-refractivity contribution >= 4 is 21.4 Å². The number of hydrogen-bond acceptors (Lipinski definition) is 6. The molecule has 4 N–H and O–H groups in total. The molecule has 0 saturated carbocycles. The third-order valence-electron chi connectivity index (χ3n) is 5.59. The molecule has 0 radical (unpaired) electrons. The van der Waals surface area contributed by atoms with Gasteiger partial charge in [-0.15, -0.1) is 11.3 Å². The fourth-order valence-electron chi connectivity index (χ4n) is 3.88. The van der Waals surface area contributed by atoms with Gasteiger partial charge in [0.15, 0.2) is 0 Å². The number of aliphatic hydroxyl groups is 3. The second kappa shape index (κ2) is 7.81. The van der Waals surface area contributed by atoms with Crippen molar-refractivity contribution in [2.75, 3.05) is 6.61 Å². The number of phenols is 1. The minimum Gasteiger partial charge on any atom is -0.508 e. The fraction of sp³-hybridized carbons (Fsp3) is 0.364. The molecule has 2 aromatic carbocycles. The van der Waals surface area contributed by atoms with Crippen LogP contribution in [0.2, 0.25) is 0 Å². The third-order valence-corrected chi connectivity index (χ3v) is 6.60. The molecule has 6 heteroatoms. The van der Waals surface area contributed by atoms with Crippen molar-refractivity contribution in [3.63, 3.8) is 0 Å². The molecule has 1 aliphatic rings. The fourth-order valence-corrected chi connectivity index (χ4v) is 4.83. The van der Waals surface area contributed by atoms with Crippen molar-refractivity contribution in [2.45, 2.75) is 37.8 Å². The lowest BCUT2D eigenvalue weighted by Crippen LogP contribution is -2.51. The zero-order valence-electron chi connectivity index (χ0n) is 15.5. The summed E-state index contributed by atoms with van der Waals surface area (Å²) >= 11 is 1.68. The van der Waals surface area contributed by atoms with Crippen molar-refractivity contribution in [3.05, 3.63) is 64.5 Å². The highest BCUT2D eigenvalue weighted by Crippen LogP contribution is 2.39. The van der Waals surface area contributed by atoms with Gasteiger partial charge in [0.05, 0.1) is 18.8 Å². The molecule has 2 heterocycles. The Morgan fingerprint density at radius 2 is 1.79 bits per heavy atom. The molecule has 4 rings (SSSR count). The van der Waals surface area contributed by atoms with Crippen LogP contribution < -0.4 is 0 Å². The van der Waals surface area contributed by atoms with Crippen molar-refractivity contribution in [1.82, 2.24) is 0 Å². The summed E-state index contributed by atoms with van der Waals surface area (Å²) in [7, 11) is 0. The molecule has 0 aliphatic carbocycles. The number of rotatable bonds is 4. The summed E-state index contributed by atoms with van der Waals surface area (Å²) in [5.74, 6) is -0.0433. The van der Waals surface area contributed by atoms with Crippen molar-refractivity contribution in [2.24, 2.45) is 5.92 Å². The van der Waals surface area contributed by atoms with Gasteiger partial charge < -0.3 is 25.2 Å². The molecule has 1 fully saturated rings. The SMILES string of the molecule is C[C@H]1C(c2ccc3scc(Cc4ccc(O)cc4)c3c2)OC(CO)[C@@H](O)[C@@H]1O. The van der Waals surface area contributed by atoms with Gasteiger partial charge in [0.25, 0.3) is 0 Å². The van der Waals surface area contributed by atoms with Crippen molar-refractivity contribution in [1.29, 1.82) is 0 Å². The van der Waals surface area contributed by atoms with E-state index in [0.717, 1.165) is 22.9 Å². The Kier molecular flexibility index (Phi) is 5.40. The molecule has 1 saturated heterocycles. The Morgan fingerprint density at radius 1 is 1.04 bits per heavy atom. The maximum Gasteiger partial charge on any atom is 0.115 e. The first-order chi connectivity index (χ1) is 13.5. The summed E-state index contributed by atoms with van der Waals surface area (Å²) in [5.41, 5.74) is 3.23. The highest BCUT2D eigenvalue weighted by atomic mass is 32.1. The van der Waals surface area contributed by atoms with E-state index in [1.807, 2.05) is 25.1 Å². The Labute approximate surface area is 167 Å². The van der Waals surface area contributed by atoms with Gasteiger partial charge in [-0.05, 0) is 58.1 Å². The summed E-state index contributed by atoms with van der Waals surface area (Å²) in [4.78, 5) is 0. The lowest BCUT2D eigenvalue weighted by molar-refractivity contribution is -0.207. The molecule has 5 atom stereocenters. The van der Waals surface area contributed by atoms with Gasteiger partial charge in [0, 0.05) is 10.6 Å². The molecule has 0 bridgehead atoms. The van der Waals surface area contributed by atoms with E-state index in [9.17, 15) is 20.4 Å². The van der Waals surface area contributed by atoms with Crippen LogP contribution in [-0.4, -0.2) is 45.3 Å². The van der Waals surface area contributed by atoms with E-state index >= 15 is 0 Å². The quantitative estimate of drug-likeness (QED) is 0.541. The average Bonchev–Trinajstić information content (AvgIpc) is 3.10. The summed E-state index contributed by atoms with van der Waals surface area (Å²) in [6.45, 7) is 1.51. The first kappa shape index (κ1) is 19.4. The van der Waals surface area contributed by atoms with Crippen LogP contribution in [0.25, 0.3) is 10.1 Å². The minimum absolute atomic E-state index is 0.254. The molecule has 1 aliphatic heterocycles. The summed E-state index contributed by atoms with van der Waals surface area (Å²) in [6, 6.07) is 13.3. The molecule has 28 heavy (non-hydrogen) atoms. The van der Waals surface area contributed by atoms with Crippen LogP contribution in [0.1, 0.15) is 29.7 Å².